The zero-order chi connectivity index (χ0) is 18.4. The molecule has 0 aliphatic rings. The Balaban J connectivity index is 1.71. The summed E-state index contributed by atoms with van der Waals surface area (Å²) in [4.78, 5) is 20.0. The predicted molar refractivity (Wildman–Crippen MR) is 105 cm³/mol. The minimum Gasteiger partial charge on any atom is -0.339 e. The molecule has 1 aromatic carbocycles. The summed E-state index contributed by atoms with van der Waals surface area (Å²) in [6.07, 6.45) is 5.30. The number of aromatic nitrogens is 7. The molecule has 0 saturated heterocycles. The number of aryl methyl sites for hydroxylation is 1. The zero-order valence-electron chi connectivity index (χ0n) is 14.2. The maximum Gasteiger partial charge on any atom is 0.303 e. The highest BCUT2D eigenvalue weighted by Crippen LogP contribution is 2.34. The number of fused-ring (bicyclic) bond motifs is 2. The SMILES string of the molecule is Cc1nc(-c2cc(Br)cnc2Nc2cccc3[nH]ncc23)c2[nH]c[nH+]c2n1. The summed E-state index contributed by atoms with van der Waals surface area (Å²) in [7, 11) is 0. The molecule has 4 aromatic heterocycles. The lowest BCUT2D eigenvalue weighted by Gasteiger charge is -2.12. The Morgan fingerprint density at radius 1 is 1.19 bits per heavy atom. The summed E-state index contributed by atoms with van der Waals surface area (Å²) < 4.78 is 0.865. The Kier molecular flexibility index (Phi) is 3.61. The number of nitrogens with one attached hydrogen (secondary N) is 4. The molecule has 132 valence electrons. The number of anilines is 2. The van der Waals surface area contributed by atoms with Crippen LogP contribution in [0.2, 0.25) is 0 Å². The van der Waals surface area contributed by atoms with Crippen molar-refractivity contribution in [1.82, 2.24) is 30.1 Å². The first-order valence-corrected chi connectivity index (χ1v) is 9.07. The molecule has 0 spiro atoms. The molecule has 0 aliphatic carbocycles. The lowest BCUT2D eigenvalue weighted by Crippen LogP contribution is -2.03. The average molecular weight is 422 g/mol. The molecule has 0 radical (unpaired) electrons. The number of pyridine rings is 1. The lowest BCUT2D eigenvalue weighted by molar-refractivity contribution is -0.347. The monoisotopic (exact) mass is 421 g/mol. The van der Waals surface area contributed by atoms with Crippen LogP contribution in [0.25, 0.3) is 33.3 Å². The normalized spacial score (nSPS) is 11.3. The van der Waals surface area contributed by atoms with E-state index >= 15 is 0 Å². The Labute approximate surface area is 161 Å². The number of halogens is 1. The summed E-state index contributed by atoms with van der Waals surface area (Å²) in [5.41, 5.74) is 5.08. The largest absolute Gasteiger partial charge is 0.339 e. The molecular formula is C18H14BrN8+. The predicted octanol–water partition coefficient (Wildman–Crippen LogP) is 3.52. The molecule has 9 heteroatoms. The standard InChI is InChI=1S/C18H13BrN8/c1-9-24-15(16-18(25-9)22-8-21-16)11-5-10(19)6-20-17(11)26-13-3-2-4-14-12(13)7-23-27-14/h2-8H,1H3,(H,20,26)(H,23,27)(H,21,22,24,25)/p+1. The van der Waals surface area contributed by atoms with Crippen LogP contribution in [0.1, 0.15) is 5.82 Å². The van der Waals surface area contributed by atoms with Gasteiger partial charge in [0.05, 0.1) is 17.4 Å². The van der Waals surface area contributed by atoms with E-state index in [0.717, 1.165) is 43.5 Å². The number of hydrogen-bond donors (Lipinski definition) is 3. The number of nitrogens with zero attached hydrogens (tertiary/aromatic N) is 4. The van der Waals surface area contributed by atoms with Crippen LogP contribution in [0, 0.1) is 6.92 Å². The van der Waals surface area contributed by atoms with Crippen LogP contribution in [-0.2, 0) is 0 Å². The highest BCUT2D eigenvalue weighted by Gasteiger charge is 2.19. The molecule has 5 aromatic rings. The fourth-order valence-electron chi connectivity index (χ4n) is 3.11. The number of imidazole rings is 1. The maximum atomic E-state index is 4.66. The van der Waals surface area contributed by atoms with Gasteiger partial charge in [-0.1, -0.05) is 11.1 Å². The van der Waals surface area contributed by atoms with Crippen molar-refractivity contribution < 1.29 is 4.98 Å². The summed E-state index contributed by atoms with van der Waals surface area (Å²) in [5, 5.41) is 11.5. The molecule has 0 bridgehead atoms. The Morgan fingerprint density at radius 3 is 3.04 bits per heavy atom. The van der Waals surface area contributed by atoms with Gasteiger partial charge in [-0.25, -0.2) is 15.0 Å². The van der Waals surface area contributed by atoms with Crippen molar-refractivity contribution in [3.8, 4) is 11.3 Å². The highest BCUT2D eigenvalue weighted by molar-refractivity contribution is 9.10. The molecule has 0 saturated carbocycles. The van der Waals surface area contributed by atoms with E-state index in [0.29, 0.717) is 11.6 Å². The average Bonchev–Trinajstić information content (AvgIpc) is 3.31. The number of H-pyrrole nitrogens is 3. The van der Waals surface area contributed by atoms with Crippen molar-refractivity contribution in [1.29, 1.82) is 0 Å². The van der Waals surface area contributed by atoms with Gasteiger partial charge in [-0.05, 0) is 34.1 Å². The van der Waals surface area contributed by atoms with E-state index in [2.05, 4.69) is 56.4 Å². The van der Waals surface area contributed by atoms with E-state index in [1.54, 1.807) is 18.7 Å². The van der Waals surface area contributed by atoms with Gasteiger partial charge in [0.1, 0.15) is 11.5 Å². The van der Waals surface area contributed by atoms with Gasteiger partial charge in [0.15, 0.2) is 11.8 Å². The van der Waals surface area contributed by atoms with E-state index in [1.807, 2.05) is 31.2 Å². The molecule has 0 unspecified atom stereocenters. The van der Waals surface area contributed by atoms with E-state index < -0.39 is 0 Å². The van der Waals surface area contributed by atoms with Crippen molar-refractivity contribution in [2.24, 2.45) is 0 Å². The number of aromatic amines is 3. The zero-order valence-corrected chi connectivity index (χ0v) is 15.8. The van der Waals surface area contributed by atoms with Crippen molar-refractivity contribution >= 4 is 49.5 Å². The first-order chi connectivity index (χ1) is 13.2. The second kappa shape index (κ2) is 6.13. The van der Waals surface area contributed by atoms with Crippen LogP contribution >= 0.6 is 15.9 Å². The van der Waals surface area contributed by atoms with Gasteiger partial charge in [0.2, 0.25) is 5.82 Å². The topological polar surface area (TPSA) is 109 Å². The van der Waals surface area contributed by atoms with Crippen molar-refractivity contribution in [3.63, 3.8) is 0 Å². The van der Waals surface area contributed by atoms with E-state index in [1.165, 1.54) is 0 Å². The molecule has 8 nitrogen and oxygen atoms in total. The summed E-state index contributed by atoms with van der Waals surface area (Å²) in [6, 6.07) is 7.94. The molecule has 27 heavy (non-hydrogen) atoms. The first kappa shape index (κ1) is 15.9. The Hall–Kier alpha value is -3.33. The molecule has 5 rings (SSSR count). The second-order valence-electron chi connectivity index (χ2n) is 6.09. The van der Waals surface area contributed by atoms with E-state index in [4.69, 9.17) is 0 Å². The van der Waals surface area contributed by atoms with Crippen molar-refractivity contribution in [2.45, 2.75) is 6.92 Å². The molecule has 0 fully saturated rings. The fourth-order valence-corrected chi connectivity index (χ4v) is 3.44. The second-order valence-corrected chi connectivity index (χ2v) is 7.00. The smallest absolute Gasteiger partial charge is 0.303 e. The van der Waals surface area contributed by atoms with Gasteiger partial charge in [0, 0.05) is 28.5 Å². The summed E-state index contributed by atoms with van der Waals surface area (Å²) in [5.74, 6) is 1.37. The third-order valence-corrected chi connectivity index (χ3v) is 4.73. The van der Waals surface area contributed by atoms with E-state index in [-0.39, 0.29) is 0 Å². The summed E-state index contributed by atoms with van der Waals surface area (Å²) in [6.45, 7) is 1.87. The number of rotatable bonds is 3. The molecule has 4 heterocycles. The van der Waals surface area contributed by atoms with Gasteiger partial charge in [-0.2, -0.15) is 5.10 Å². The first-order valence-electron chi connectivity index (χ1n) is 8.27. The Bertz CT molecular complexity index is 1290. The third-order valence-electron chi connectivity index (χ3n) is 4.29. The van der Waals surface area contributed by atoms with Gasteiger partial charge in [-0.15, -0.1) is 0 Å². The fraction of sp³-hybridized carbons (Fsp3) is 0.0556. The van der Waals surface area contributed by atoms with Crippen LogP contribution in [0.15, 0.2) is 47.5 Å². The van der Waals surface area contributed by atoms with Crippen LogP contribution in [0.5, 0.6) is 0 Å². The Morgan fingerprint density at radius 2 is 2.11 bits per heavy atom. The van der Waals surface area contributed by atoms with Gasteiger partial charge in [-0.3, -0.25) is 10.1 Å². The van der Waals surface area contributed by atoms with Crippen molar-refractivity contribution in [2.75, 3.05) is 5.32 Å². The number of benzene rings is 1. The van der Waals surface area contributed by atoms with Crippen LogP contribution in [-0.4, -0.2) is 30.1 Å². The quantitative estimate of drug-likeness (QED) is 0.412. The summed E-state index contributed by atoms with van der Waals surface area (Å²) >= 11 is 3.52. The highest BCUT2D eigenvalue weighted by atomic mass is 79.9. The van der Waals surface area contributed by atoms with E-state index in [9.17, 15) is 0 Å². The number of hydrogen-bond acceptors (Lipinski definition) is 5. The molecule has 4 N–H and O–H groups in total. The molecule has 0 aliphatic heterocycles. The van der Waals surface area contributed by atoms with Crippen molar-refractivity contribution in [3.05, 3.63) is 53.3 Å². The van der Waals surface area contributed by atoms with Gasteiger partial charge in [0.25, 0.3) is 0 Å². The third kappa shape index (κ3) is 2.72. The minimum absolute atomic E-state index is 0.677. The van der Waals surface area contributed by atoms with Crippen LogP contribution < -0.4 is 10.3 Å². The van der Waals surface area contributed by atoms with Gasteiger partial charge >= 0.3 is 5.65 Å². The lowest BCUT2D eigenvalue weighted by atomic mass is 10.1. The van der Waals surface area contributed by atoms with Crippen LogP contribution in [0.4, 0.5) is 11.5 Å². The maximum absolute atomic E-state index is 4.66. The molecular weight excluding hydrogens is 408 g/mol. The molecule has 0 amide bonds. The molecule has 0 atom stereocenters. The minimum atomic E-state index is 0.677. The van der Waals surface area contributed by atoms with Crippen LogP contribution in [0.3, 0.4) is 0 Å². The van der Waals surface area contributed by atoms with Gasteiger partial charge < -0.3 is 5.32 Å².